The van der Waals surface area contributed by atoms with E-state index in [0.717, 1.165) is 17.3 Å². The van der Waals surface area contributed by atoms with Gasteiger partial charge in [-0.3, -0.25) is 0 Å². The Morgan fingerprint density at radius 1 is 1.15 bits per heavy atom. The van der Waals surface area contributed by atoms with Crippen LogP contribution in [-0.4, -0.2) is 34.3 Å². The van der Waals surface area contributed by atoms with E-state index in [0.29, 0.717) is 5.56 Å². The van der Waals surface area contributed by atoms with Gasteiger partial charge in [0, 0.05) is 17.3 Å². The molecular formula is C14H21KO4S. The summed E-state index contributed by atoms with van der Waals surface area (Å²) in [4.78, 5) is 23.0. The van der Waals surface area contributed by atoms with Gasteiger partial charge in [-0.05, 0) is 18.2 Å². The van der Waals surface area contributed by atoms with Crippen molar-refractivity contribution in [2.24, 2.45) is 0 Å². The van der Waals surface area contributed by atoms with Gasteiger partial charge in [-0.25, -0.2) is 9.59 Å². The first kappa shape index (κ1) is 20.1. The van der Waals surface area contributed by atoms with E-state index in [4.69, 9.17) is 9.29 Å². The fraction of sp³-hybridized carbons (Fsp3) is 0.429. The molecule has 0 spiro atoms. The van der Waals surface area contributed by atoms with Crippen LogP contribution in [0.5, 0.6) is 0 Å². The molecule has 0 amide bonds. The second-order valence-corrected chi connectivity index (χ2v) is 7.92. The van der Waals surface area contributed by atoms with Crippen molar-refractivity contribution < 1.29 is 71.7 Å². The molecule has 0 heterocycles. The second kappa shape index (κ2) is 9.22. The minimum atomic E-state index is -1.39. The Labute approximate surface area is 165 Å². The topological polar surface area (TPSA) is 63.6 Å². The Morgan fingerprint density at radius 3 is 2.10 bits per heavy atom. The van der Waals surface area contributed by atoms with Gasteiger partial charge in [0.1, 0.15) is 0 Å². The standard InChI is InChI=1S/C14H20O4S.K.H/c1-4-19(5-2,6-3)18-14(17)12-9-7-8-11(10-12)13(15)16;;/h7-10H,4-6H2,1-3H3,(H,15,16);;/q;+1;-1. The molecule has 0 aliphatic carbocycles. The summed E-state index contributed by atoms with van der Waals surface area (Å²) < 4.78 is 5.66. The largest absolute Gasteiger partial charge is 1.00 e. The number of carboxylic acid groups (broad SMARTS) is 1. The maximum Gasteiger partial charge on any atom is 1.00 e. The zero-order valence-corrected chi connectivity index (χ0v) is 16.5. The van der Waals surface area contributed by atoms with Crippen LogP contribution >= 0.6 is 10.3 Å². The first-order valence-corrected chi connectivity index (χ1v) is 8.38. The summed E-state index contributed by atoms with van der Waals surface area (Å²) in [6.07, 6.45) is 0. The molecule has 108 valence electrons. The summed E-state index contributed by atoms with van der Waals surface area (Å²) in [5.74, 6) is 0.998. The van der Waals surface area contributed by atoms with E-state index in [1.54, 1.807) is 12.1 Å². The second-order valence-electron chi connectivity index (χ2n) is 4.09. The minimum absolute atomic E-state index is 0. The molecule has 0 aliphatic rings. The molecule has 0 aromatic heterocycles. The minimum Gasteiger partial charge on any atom is -1.00 e. The van der Waals surface area contributed by atoms with Crippen molar-refractivity contribution in [3.8, 4) is 0 Å². The van der Waals surface area contributed by atoms with Gasteiger partial charge in [0.05, 0.1) is 11.1 Å². The summed E-state index contributed by atoms with van der Waals surface area (Å²) in [5.41, 5.74) is 0.395. The Hall–Kier alpha value is 0.146. The van der Waals surface area contributed by atoms with Crippen molar-refractivity contribution in [3.63, 3.8) is 0 Å². The summed E-state index contributed by atoms with van der Waals surface area (Å²) in [5, 5.41) is 8.92. The van der Waals surface area contributed by atoms with Crippen LogP contribution < -0.4 is 51.4 Å². The molecule has 1 rings (SSSR count). The first-order chi connectivity index (χ1) is 8.98. The molecule has 1 N–H and O–H groups in total. The number of hydrogen-bond acceptors (Lipinski definition) is 3. The third kappa shape index (κ3) is 5.16. The molecule has 0 bridgehead atoms. The maximum atomic E-state index is 12.1. The molecule has 0 atom stereocenters. The summed E-state index contributed by atoms with van der Waals surface area (Å²) in [7, 11) is -1.39. The van der Waals surface area contributed by atoms with Crippen LogP contribution in [0.2, 0.25) is 0 Å². The van der Waals surface area contributed by atoms with Gasteiger partial charge in [-0.15, -0.1) is 0 Å². The molecule has 20 heavy (non-hydrogen) atoms. The van der Waals surface area contributed by atoms with E-state index >= 15 is 0 Å². The third-order valence-electron chi connectivity index (χ3n) is 3.18. The van der Waals surface area contributed by atoms with Crippen LogP contribution in [0.25, 0.3) is 0 Å². The van der Waals surface area contributed by atoms with Crippen molar-refractivity contribution in [1.29, 1.82) is 0 Å². The van der Waals surface area contributed by atoms with Gasteiger partial charge in [0.25, 0.3) is 0 Å². The van der Waals surface area contributed by atoms with Crippen LogP contribution in [0.15, 0.2) is 24.3 Å². The number of carbonyl (C=O) groups excluding carboxylic acids is 1. The molecule has 0 saturated carbocycles. The van der Waals surface area contributed by atoms with Gasteiger partial charge < -0.3 is 10.7 Å². The summed E-state index contributed by atoms with van der Waals surface area (Å²) in [6, 6.07) is 5.95. The van der Waals surface area contributed by atoms with E-state index in [9.17, 15) is 9.59 Å². The number of rotatable bonds is 6. The van der Waals surface area contributed by atoms with Crippen LogP contribution in [0, 0.1) is 0 Å². The van der Waals surface area contributed by atoms with Gasteiger partial charge in [-0.1, -0.05) is 37.1 Å². The van der Waals surface area contributed by atoms with Crippen LogP contribution in [-0.2, 0) is 4.18 Å². The molecule has 0 unspecified atom stereocenters. The number of hydrogen-bond donors (Lipinski definition) is 1. The van der Waals surface area contributed by atoms with E-state index in [2.05, 4.69) is 0 Å². The predicted octanol–water partition coefficient (Wildman–Crippen LogP) is 0.437. The molecule has 0 radical (unpaired) electrons. The van der Waals surface area contributed by atoms with E-state index < -0.39 is 22.2 Å². The molecule has 4 nitrogen and oxygen atoms in total. The Morgan fingerprint density at radius 2 is 1.65 bits per heavy atom. The number of aromatic carboxylic acids is 1. The molecular weight excluding hydrogens is 303 g/mol. The Kier molecular flexibility index (Phi) is 9.29. The first-order valence-electron chi connectivity index (χ1n) is 6.31. The SMILES string of the molecule is CCS(CC)(CC)OC(=O)c1cccc(C(=O)O)c1.[H-].[K+]. The van der Waals surface area contributed by atoms with E-state index in [1.165, 1.54) is 12.1 Å². The van der Waals surface area contributed by atoms with Crippen molar-refractivity contribution >= 4 is 22.2 Å². The normalized spacial score (nSPS) is 11.3. The quantitative estimate of drug-likeness (QED) is 0.771. The number of carboxylic acids is 1. The molecule has 6 heteroatoms. The van der Waals surface area contributed by atoms with Gasteiger partial charge in [0.15, 0.2) is 0 Å². The monoisotopic (exact) mass is 324 g/mol. The average Bonchev–Trinajstić information content (AvgIpc) is 2.45. The van der Waals surface area contributed by atoms with Crippen molar-refractivity contribution in [3.05, 3.63) is 35.4 Å². The predicted molar refractivity (Wildman–Crippen MR) is 79.1 cm³/mol. The maximum absolute atomic E-state index is 12.1. The molecule has 0 fully saturated rings. The van der Waals surface area contributed by atoms with Crippen molar-refractivity contribution in [2.75, 3.05) is 17.3 Å². The fourth-order valence-electron chi connectivity index (χ4n) is 1.78. The molecule has 0 aliphatic heterocycles. The fourth-order valence-corrected chi connectivity index (χ4v) is 3.77. The summed E-state index contributed by atoms with van der Waals surface area (Å²) >= 11 is 0. The Bertz CT molecular complexity index is 470. The van der Waals surface area contributed by atoms with Crippen LogP contribution in [0.3, 0.4) is 0 Å². The van der Waals surface area contributed by atoms with Gasteiger partial charge >= 0.3 is 63.3 Å². The molecule has 1 aromatic rings. The zero-order chi connectivity index (χ0) is 14.5. The smallest absolute Gasteiger partial charge is 1.00 e. The average molecular weight is 324 g/mol. The number of benzene rings is 1. The summed E-state index contributed by atoms with van der Waals surface area (Å²) in [6.45, 7) is 6.05. The molecule has 0 saturated heterocycles. The van der Waals surface area contributed by atoms with E-state index in [1.807, 2.05) is 20.8 Å². The molecule has 1 aromatic carbocycles. The zero-order valence-electron chi connectivity index (χ0n) is 13.5. The Balaban J connectivity index is 0. The van der Waals surface area contributed by atoms with Gasteiger partial charge in [0.2, 0.25) is 0 Å². The van der Waals surface area contributed by atoms with Crippen molar-refractivity contribution in [1.82, 2.24) is 0 Å². The van der Waals surface area contributed by atoms with Gasteiger partial charge in [-0.2, -0.15) is 0 Å². The van der Waals surface area contributed by atoms with Crippen molar-refractivity contribution in [2.45, 2.75) is 20.8 Å². The van der Waals surface area contributed by atoms with E-state index in [-0.39, 0.29) is 58.4 Å². The van der Waals surface area contributed by atoms with Crippen LogP contribution in [0.1, 0.15) is 42.9 Å². The number of carbonyl (C=O) groups is 2. The van der Waals surface area contributed by atoms with Crippen LogP contribution in [0.4, 0.5) is 0 Å². The third-order valence-corrected chi connectivity index (χ3v) is 6.84.